The first-order valence-corrected chi connectivity index (χ1v) is 12.2. The van der Waals surface area contributed by atoms with E-state index in [4.69, 9.17) is 4.74 Å². The lowest BCUT2D eigenvalue weighted by molar-refractivity contribution is -0.128. The Hall–Kier alpha value is -3.24. The Morgan fingerprint density at radius 2 is 1.64 bits per heavy atom. The number of sulfonamides is 1. The highest BCUT2D eigenvalue weighted by molar-refractivity contribution is 7.89. The Morgan fingerprint density at radius 3 is 2.27 bits per heavy atom. The van der Waals surface area contributed by atoms with Crippen molar-refractivity contribution in [3.05, 3.63) is 53.6 Å². The number of hydrogen-bond acceptors (Lipinski definition) is 6. The Balaban J connectivity index is 1.55. The van der Waals surface area contributed by atoms with Crippen LogP contribution in [0.3, 0.4) is 0 Å². The molecule has 0 unspecified atom stereocenters. The normalized spacial score (nSPS) is 16.7. The van der Waals surface area contributed by atoms with Crippen LogP contribution in [0.15, 0.2) is 47.4 Å². The van der Waals surface area contributed by atoms with Gasteiger partial charge in [-0.1, -0.05) is 24.3 Å². The fourth-order valence-corrected chi connectivity index (χ4v) is 5.10. The van der Waals surface area contributed by atoms with E-state index in [1.165, 1.54) is 25.3 Å². The van der Waals surface area contributed by atoms with Crippen LogP contribution in [0, 0.1) is 0 Å². The number of benzene rings is 2. The molecule has 2 heterocycles. The van der Waals surface area contributed by atoms with E-state index < -0.39 is 21.8 Å². The van der Waals surface area contributed by atoms with Crippen molar-refractivity contribution in [1.82, 2.24) is 9.62 Å². The summed E-state index contributed by atoms with van der Waals surface area (Å²) in [7, 11) is -2.57. The molecule has 2 aromatic rings. The minimum atomic E-state index is -3.96. The average Bonchev–Trinajstić information content (AvgIpc) is 3.36. The lowest BCUT2D eigenvalue weighted by Gasteiger charge is -2.19. The van der Waals surface area contributed by atoms with Crippen LogP contribution in [0.2, 0.25) is 0 Å². The second kappa shape index (κ2) is 9.32. The number of hydrogen-bond donors (Lipinski definition) is 1. The van der Waals surface area contributed by atoms with Crippen molar-refractivity contribution in [3.63, 3.8) is 0 Å². The topological polar surface area (TPSA) is 113 Å². The first-order valence-electron chi connectivity index (χ1n) is 10.7. The van der Waals surface area contributed by atoms with E-state index in [1.807, 2.05) is 24.3 Å². The van der Waals surface area contributed by atoms with Gasteiger partial charge in [0.05, 0.1) is 17.7 Å². The molecule has 2 fully saturated rings. The van der Waals surface area contributed by atoms with Crippen LogP contribution in [-0.2, 0) is 37.5 Å². The number of carbonyl (C=O) groups is 3. The molecule has 1 N–H and O–H groups in total. The number of nitrogens with zero attached hydrogens (tertiary/aromatic N) is 2. The van der Waals surface area contributed by atoms with Crippen LogP contribution in [0.4, 0.5) is 5.69 Å². The van der Waals surface area contributed by atoms with Crippen molar-refractivity contribution in [2.75, 3.05) is 18.6 Å². The minimum Gasteiger partial charge on any atom is -0.495 e. The van der Waals surface area contributed by atoms with Crippen molar-refractivity contribution >= 4 is 33.4 Å². The third-order valence-corrected chi connectivity index (χ3v) is 7.26. The maximum absolute atomic E-state index is 13.0. The van der Waals surface area contributed by atoms with E-state index >= 15 is 0 Å². The number of amides is 3. The van der Waals surface area contributed by atoms with Gasteiger partial charge < -0.3 is 9.64 Å². The van der Waals surface area contributed by atoms with Crippen molar-refractivity contribution in [3.8, 4) is 5.75 Å². The monoisotopic (exact) mass is 471 g/mol. The Labute approximate surface area is 192 Å². The summed E-state index contributed by atoms with van der Waals surface area (Å²) in [6.07, 6.45) is 1.52. The second-order valence-corrected chi connectivity index (χ2v) is 9.74. The summed E-state index contributed by atoms with van der Waals surface area (Å²) in [6, 6.07) is 11.4. The maximum Gasteiger partial charge on any atom is 0.240 e. The molecule has 33 heavy (non-hydrogen) atoms. The smallest absolute Gasteiger partial charge is 0.240 e. The standard InChI is InChI=1S/C23H25N3O6S/c1-32-20-9-8-18(13-19(20)26-22(28)10-11-23(26)29)33(30,31)24-14-16-5-2-3-6-17(16)15-25-12-4-7-21(25)27/h2-3,5-6,8-9,13,24H,4,7,10-12,14-15H2,1H3. The van der Waals surface area contributed by atoms with Gasteiger partial charge in [-0.05, 0) is 35.7 Å². The fourth-order valence-electron chi connectivity index (χ4n) is 4.07. The van der Waals surface area contributed by atoms with E-state index in [0.717, 1.165) is 22.4 Å². The van der Waals surface area contributed by atoms with Gasteiger partial charge in [0.25, 0.3) is 0 Å². The molecule has 9 nitrogen and oxygen atoms in total. The Bertz CT molecular complexity index is 1190. The number of ether oxygens (including phenoxy) is 1. The van der Waals surface area contributed by atoms with Gasteiger partial charge in [-0.25, -0.2) is 18.0 Å². The number of carbonyl (C=O) groups excluding carboxylic acids is 3. The molecule has 4 rings (SSSR count). The summed E-state index contributed by atoms with van der Waals surface area (Å²) in [5, 5.41) is 0. The quantitative estimate of drug-likeness (QED) is 0.589. The molecule has 0 saturated carbocycles. The van der Waals surface area contributed by atoms with E-state index in [1.54, 1.807) is 4.90 Å². The number of rotatable bonds is 8. The average molecular weight is 472 g/mol. The van der Waals surface area contributed by atoms with Gasteiger partial charge in [0.2, 0.25) is 27.7 Å². The predicted octanol–water partition coefficient (Wildman–Crippen LogP) is 1.95. The van der Waals surface area contributed by atoms with Crippen molar-refractivity contribution in [1.29, 1.82) is 0 Å². The van der Waals surface area contributed by atoms with Crippen LogP contribution in [0.5, 0.6) is 5.75 Å². The molecule has 0 radical (unpaired) electrons. The summed E-state index contributed by atoms with van der Waals surface area (Å²) in [4.78, 5) is 39.0. The molecule has 0 aliphatic carbocycles. The van der Waals surface area contributed by atoms with Crippen molar-refractivity contribution in [2.24, 2.45) is 0 Å². The SMILES string of the molecule is COc1ccc(S(=O)(=O)NCc2ccccc2CN2CCCC2=O)cc1N1C(=O)CCC1=O. The summed E-state index contributed by atoms with van der Waals surface area (Å²) in [5.41, 5.74) is 1.75. The van der Waals surface area contributed by atoms with E-state index in [2.05, 4.69) is 4.72 Å². The molecule has 174 valence electrons. The van der Waals surface area contributed by atoms with Crippen LogP contribution in [0.1, 0.15) is 36.8 Å². The summed E-state index contributed by atoms with van der Waals surface area (Å²) in [5.74, 6) is -0.460. The lowest BCUT2D eigenvalue weighted by atomic mass is 10.1. The Kier molecular flexibility index (Phi) is 6.48. The highest BCUT2D eigenvalue weighted by Crippen LogP contribution is 2.34. The van der Waals surface area contributed by atoms with E-state index in [9.17, 15) is 22.8 Å². The van der Waals surface area contributed by atoms with Gasteiger partial charge in [-0.15, -0.1) is 0 Å². The first kappa shape index (κ1) is 22.9. The number of imide groups is 1. The third-order valence-electron chi connectivity index (χ3n) is 5.86. The van der Waals surface area contributed by atoms with Gasteiger partial charge in [0.1, 0.15) is 5.75 Å². The number of anilines is 1. The summed E-state index contributed by atoms with van der Waals surface area (Å²) in [6.45, 7) is 1.16. The first-order chi connectivity index (χ1) is 15.8. The highest BCUT2D eigenvalue weighted by atomic mass is 32.2. The predicted molar refractivity (Wildman–Crippen MR) is 120 cm³/mol. The molecule has 2 saturated heterocycles. The van der Waals surface area contributed by atoms with Gasteiger partial charge in [0.15, 0.2) is 0 Å². The molecule has 2 aromatic carbocycles. The molecule has 3 amide bonds. The second-order valence-electron chi connectivity index (χ2n) is 7.97. The highest BCUT2D eigenvalue weighted by Gasteiger charge is 2.33. The van der Waals surface area contributed by atoms with Gasteiger partial charge in [0, 0.05) is 38.9 Å². The fraction of sp³-hybridized carbons (Fsp3) is 0.348. The summed E-state index contributed by atoms with van der Waals surface area (Å²) < 4.78 is 33.9. The van der Waals surface area contributed by atoms with Gasteiger partial charge in [-0.3, -0.25) is 14.4 Å². The maximum atomic E-state index is 13.0. The van der Waals surface area contributed by atoms with Gasteiger partial charge in [-0.2, -0.15) is 0 Å². The van der Waals surface area contributed by atoms with E-state index in [0.29, 0.717) is 19.5 Å². The molecular formula is C23H25N3O6S. The number of nitrogens with one attached hydrogen (secondary N) is 1. The largest absolute Gasteiger partial charge is 0.495 e. The minimum absolute atomic E-state index is 0.0312. The van der Waals surface area contributed by atoms with Crippen molar-refractivity contribution in [2.45, 2.75) is 43.7 Å². The molecule has 0 atom stereocenters. The summed E-state index contributed by atoms with van der Waals surface area (Å²) >= 11 is 0. The van der Waals surface area contributed by atoms with Crippen LogP contribution in [0.25, 0.3) is 0 Å². The molecule has 0 bridgehead atoms. The van der Waals surface area contributed by atoms with Crippen LogP contribution in [-0.4, -0.2) is 44.7 Å². The van der Waals surface area contributed by atoms with E-state index in [-0.39, 0.29) is 41.6 Å². The van der Waals surface area contributed by atoms with Crippen LogP contribution >= 0.6 is 0 Å². The lowest BCUT2D eigenvalue weighted by Crippen LogP contribution is -2.30. The molecule has 0 spiro atoms. The molecular weight excluding hydrogens is 446 g/mol. The number of methoxy groups -OCH3 is 1. The van der Waals surface area contributed by atoms with Crippen molar-refractivity contribution < 1.29 is 27.5 Å². The molecule has 0 aromatic heterocycles. The molecule has 2 aliphatic heterocycles. The Morgan fingerprint density at radius 1 is 0.939 bits per heavy atom. The molecule has 10 heteroatoms. The van der Waals surface area contributed by atoms with Gasteiger partial charge >= 0.3 is 0 Å². The molecule has 2 aliphatic rings. The zero-order valence-electron chi connectivity index (χ0n) is 18.2. The zero-order valence-corrected chi connectivity index (χ0v) is 19.1. The third kappa shape index (κ3) is 4.76. The van der Waals surface area contributed by atoms with Crippen LogP contribution < -0.4 is 14.4 Å². The number of likely N-dealkylation sites (tertiary alicyclic amines) is 1. The zero-order chi connectivity index (χ0) is 23.6.